The van der Waals surface area contributed by atoms with Gasteiger partial charge in [0.2, 0.25) is 0 Å². The molecule has 0 aliphatic heterocycles. The number of hydrogen-bond acceptors (Lipinski definition) is 5. The number of urea groups is 1. The first-order chi connectivity index (χ1) is 9.76. The summed E-state index contributed by atoms with van der Waals surface area (Å²) >= 11 is 0. The Morgan fingerprint density at radius 3 is 2.57 bits per heavy atom. The molecule has 0 aliphatic carbocycles. The second-order valence-corrected chi connectivity index (χ2v) is 6.73. The number of carboxylic acid groups (broad SMARTS) is 1. The van der Waals surface area contributed by atoms with Gasteiger partial charge in [-0.2, -0.15) is 0 Å². The number of pyridine rings is 1. The smallest absolute Gasteiger partial charge is 0.319 e. The third-order valence-electron chi connectivity index (χ3n) is 2.39. The van der Waals surface area contributed by atoms with Crippen LogP contribution in [0.3, 0.4) is 0 Å². The molecule has 0 aromatic carbocycles. The van der Waals surface area contributed by atoms with Crippen LogP contribution in [0.15, 0.2) is 18.3 Å². The maximum Gasteiger partial charge on any atom is 0.319 e. The molecule has 1 aromatic rings. The van der Waals surface area contributed by atoms with E-state index >= 15 is 0 Å². The minimum Gasteiger partial charge on any atom is -0.481 e. The quantitative estimate of drug-likeness (QED) is 0.620. The third-order valence-corrected chi connectivity index (χ3v) is 3.42. The highest BCUT2D eigenvalue weighted by atomic mass is 32.2. The van der Waals surface area contributed by atoms with Crippen molar-refractivity contribution in [3.05, 3.63) is 24.0 Å². The molecule has 1 aromatic heterocycles. The molecule has 9 heteroatoms. The zero-order valence-corrected chi connectivity index (χ0v) is 12.3. The topological polar surface area (TPSA) is 125 Å². The monoisotopic (exact) mass is 315 g/mol. The third kappa shape index (κ3) is 7.88. The van der Waals surface area contributed by atoms with E-state index in [1.54, 1.807) is 6.07 Å². The van der Waals surface area contributed by atoms with Gasteiger partial charge in [-0.1, -0.05) is 0 Å². The Hall–Kier alpha value is -2.16. The van der Waals surface area contributed by atoms with Gasteiger partial charge in [-0.05, 0) is 18.6 Å². The van der Waals surface area contributed by atoms with Gasteiger partial charge in [0, 0.05) is 12.8 Å². The van der Waals surface area contributed by atoms with E-state index < -0.39 is 21.8 Å². The summed E-state index contributed by atoms with van der Waals surface area (Å²) in [6, 6.07) is 2.57. The predicted molar refractivity (Wildman–Crippen MR) is 76.9 cm³/mol. The Kier molecular flexibility index (Phi) is 6.10. The van der Waals surface area contributed by atoms with Crippen molar-refractivity contribution in [2.45, 2.75) is 12.8 Å². The van der Waals surface area contributed by atoms with Crippen molar-refractivity contribution in [2.24, 2.45) is 0 Å². The van der Waals surface area contributed by atoms with E-state index in [0.29, 0.717) is 17.8 Å². The summed E-state index contributed by atoms with van der Waals surface area (Å²) in [7, 11) is -3.03. The molecule has 0 radical (unpaired) electrons. The molecule has 1 heterocycles. The molecule has 0 atom stereocenters. The molecule has 0 unspecified atom stereocenters. The fourth-order valence-corrected chi connectivity index (χ4v) is 2.14. The Balaban J connectivity index is 2.36. The molecule has 8 nitrogen and oxygen atoms in total. The van der Waals surface area contributed by atoms with Gasteiger partial charge in [-0.15, -0.1) is 0 Å². The SMILES string of the molecule is CS(=O)(=O)CCCNC(=O)Nc1ccc(CC(=O)O)nc1. The van der Waals surface area contributed by atoms with Gasteiger partial charge in [-0.3, -0.25) is 9.78 Å². The lowest BCUT2D eigenvalue weighted by molar-refractivity contribution is -0.136. The molecule has 21 heavy (non-hydrogen) atoms. The predicted octanol–water partition coefficient (Wildman–Crippen LogP) is 0.265. The molecule has 2 amide bonds. The van der Waals surface area contributed by atoms with Crippen LogP contribution in [0.25, 0.3) is 0 Å². The normalized spacial score (nSPS) is 10.9. The van der Waals surface area contributed by atoms with E-state index in [1.165, 1.54) is 12.3 Å². The van der Waals surface area contributed by atoms with E-state index in [9.17, 15) is 18.0 Å². The maximum atomic E-state index is 11.5. The molecule has 0 saturated carbocycles. The second kappa shape index (κ2) is 7.58. The van der Waals surface area contributed by atoms with Crippen LogP contribution in [0.4, 0.5) is 10.5 Å². The summed E-state index contributed by atoms with van der Waals surface area (Å²) in [5.41, 5.74) is 0.811. The van der Waals surface area contributed by atoms with Gasteiger partial charge in [0.25, 0.3) is 0 Å². The summed E-state index contributed by atoms with van der Waals surface area (Å²) in [6.07, 6.45) is 2.64. The number of aliphatic carboxylic acids is 1. The number of nitrogens with one attached hydrogen (secondary N) is 2. The standard InChI is InChI=1S/C12H17N3O5S/c1-21(19,20)6-2-5-13-12(18)15-10-4-3-9(14-8-10)7-11(16)17/h3-4,8H,2,5-7H2,1H3,(H,16,17)(H2,13,15,18). The summed E-state index contributed by atoms with van der Waals surface area (Å²) in [6.45, 7) is 0.240. The van der Waals surface area contributed by atoms with Crippen LogP contribution in [0.2, 0.25) is 0 Å². The van der Waals surface area contributed by atoms with Crippen LogP contribution in [-0.2, 0) is 21.1 Å². The number of carbonyl (C=O) groups excluding carboxylic acids is 1. The summed E-state index contributed by atoms with van der Waals surface area (Å²) in [4.78, 5) is 25.9. The summed E-state index contributed by atoms with van der Waals surface area (Å²) in [5.74, 6) is -0.967. The fourth-order valence-electron chi connectivity index (χ4n) is 1.47. The first-order valence-corrected chi connectivity index (χ1v) is 8.21. The van der Waals surface area contributed by atoms with Crippen molar-refractivity contribution in [1.29, 1.82) is 0 Å². The zero-order valence-electron chi connectivity index (χ0n) is 11.5. The molecule has 3 N–H and O–H groups in total. The van der Waals surface area contributed by atoms with E-state index in [1.807, 2.05) is 0 Å². The lowest BCUT2D eigenvalue weighted by Crippen LogP contribution is -2.30. The van der Waals surface area contributed by atoms with Crippen molar-refractivity contribution in [2.75, 3.05) is 23.9 Å². The summed E-state index contributed by atoms with van der Waals surface area (Å²) < 4.78 is 21.8. The van der Waals surface area contributed by atoms with Crippen LogP contribution in [0.5, 0.6) is 0 Å². The maximum absolute atomic E-state index is 11.5. The van der Waals surface area contributed by atoms with Gasteiger partial charge in [0.05, 0.1) is 29.8 Å². The number of hydrogen-bond donors (Lipinski definition) is 3. The number of carboxylic acids is 1. The highest BCUT2D eigenvalue weighted by molar-refractivity contribution is 7.90. The molecule has 0 fully saturated rings. The van der Waals surface area contributed by atoms with Crippen LogP contribution < -0.4 is 10.6 Å². The van der Waals surface area contributed by atoms with Crippen LogP contribution in [0.1, 0.15) is 12.1 Å². The Labute approximate surface area is 122 Å². The Morgan fingerprint density at radius 2 is 2.05 bits per heavy atom. The van der Waals surface area contributed by atoms with Gasteiger partial charge in [0.15, 0.2) is 0 Å². The molecular formula is C12H17N3O5S. The minimum absolute atomic E-state index is 0.0126. The molecule has 0 bridgehead atoms. The fraction of sp³-hybridized carbons (Fsp3) is 0.417. The van der Waals surface area contributed by atoms with Crippen LogP contribution >= 0.6 is 0 Å². The first-order valence-electron chi connectivity index (χ1n) is 6.15. The average Bonchev–Trinajstić information content (AvgIpc) is 2.35. The largest absolute Gasteiger partial charge is 0.481 e. The Bertz CT molecular complexity index is 598. The lowest BCUT2D eigenvalue weighted by Gasteiger charge is -2.07. The zero-order chi connectivity index (χ0) is 15.9. The molecule has 116 valence electrons. The van der Waals surface area contributed by atoms with Crippen molar-refractivity contribution < 1.29 is 23.1 Å². The van der Waals surface area contributed by atoms with E-state index in [4.69, 9.17) is 5.11 Å². The van der Waals surface area contributed by atoms with E-state index in [-0.39, 0.29) is 18.7 Å². The average molecular weight is 315 g/mol. The molecule has 0 spiro atoms. The van der Waals surface area contributed by atoms with Gasteiger partial charge in [0.1, 0.15) is 9.84 Å². The number of rotatable bonds is 7. The highest BCUT2D eigenvalue weighted by Gasteiger charge is 2.05. The highest BCUT2D eigenvalue weighted by Crippen LogP contribution is 2.06. The molecule has 0 saturated heterocycles. The molecular weight excluding hydrogens is 298 g/mol. The van der Waals surface area contributed by atoms with Gasteiger partial charge >= 0.3 is 12.0 Å². The van der Waals surface area contributed by atoms with Crippen molar-refractivity contribution in [3.63, 3.8) is 0 Å². The van der Waals surface area contributed by atoms with Crippen molar-refractivity contribution in [3.8, 4) is 0 Å². The molecule has 1 rings (SSSR count). The Morgan fingerprint density at radius 1 is 1.33 bits per heavy atom. The number of nitrogens with zero attached hydrogens (tertiary/aromatic N) is 1. The molecule has 0 aliphatic rings. The van der Waals surface area contributed by atoms with E-state index in [0.717, 1.165) is 6.26 Å². The van der Waals surface area contributed by atoms with Gasteiger partial charge in [-0.25, -0.2) is 13.2 Å². The lowest BCUT2D eigenvalue weighted by atomic mass is 10.2. The van der Waals surface area contributed by atoms with Crippen molar-refractivity contribution in [1.82, 2.24) is 10.3 Å². The number of aromatic nitrogens is 1. The van der Waals surface area contributed by atoms with Gasteiger partial charge < -0.3 is 15.7 Å². The van der Waals surface area contributed by atoms with E-state index in [2.05, 4.69) is 15.6 Å². The number of sulfone groups is 1. The summed E-state index contributed by atoms with van der Waals surface area (Å²) in [5, 5.41) is 13.6. The van der Waals surface area contributed by atoms with Crippen LogP contribution in [-0.4, -0.2) is 49.1 Å². The van der Waals surface area contributed by atoms with Crippen LogP contribution in [0, 0.1) is 0 Å². The second-order valence-electron chi connectivity index (χ2n) is 4.47. The number of carbonyl (C=O) groups is 2. The minimum atomic E-state index is -3.03. The first kappa shape index (κ1) is 16.9. The number of anilines is 1. The van der Waals surface area contributed by atoms with Crippen molar-refractivity contribution >= 4 is 27.5 Å². The number of amides is 2.